The molecule has 0 aliphatic heterocycles. The molecule has 0 spiro atoms. The lowest BCUT2D eigenvalue weighted by atomic mass is 9.83. The zero-order valence-electron chi connectivity index (χ0n) is 14.8. The van der Waals surface area contributed by atoms with Gasteiger partial charge in [-0.25, -0.2) is 14.2 Å². The maximum absolute atomic E-state index is 13.4. The monoisotopic (exact) mass is 427 g/mol. The highest BCUT2D eigenvalue weighted by Crippen LogP contribution is 2.37. The molecule has 1 heterocycles. The molecule has 7 N–H and O–H groups in total. The molecule has 0 amide bonds. The van der Waals surface area contributed by atoms with Gasteiger partial charge in [-0.15, -0.1) is 0 Å². The van der Waals surface area contributed by atoms with Crippen molar-refractivity contribution in [1.29, 1.82) is 0 Å². The molecule has 4 rings (SSSR count). The summed E-state index contributed by atoms with van der Waals surface area (Å²) in [7, 11) is -3.94. The maximum atomic E-state index is 13.4. The van der Waals surface area contributed by atoms with E-state index < -0.39 is 28.4 Å². The fourth-order valence-electron chi connectivity index (χ4n) is 3.39. The van der Waals surface area contributed by atoms with Crippen LogP contribution in [-0.2, 0) is 16.6 Å². The molecule has 1 aromatic heterocycles. The van der Waals surface area contributed by atoms with Crippen molar-refractivity contribution < 1.29 is 27.8 Å². The number of aliphatic hydroxyl groups excluding tert-OH is 1. The lowest BCUT2D eigenvalue weighted by Gasteiger charge is -2.41. The van der Waals surface area contributed by atoms with E-state index in [1.807, 2.05) is 5.48 Å². The Morgan fingerprint density at radius 1 is 1.34 bits per heavy atom. The number of hydrogen-bond donors (Lipinski definition) is 6. The summed E-state index contributed by atoms with van der Waals surface area (Å²) in [6.07, 6.45) is -0.267. The van der Waals surface area contributed by atoms with E-state index in [9.17, 15) is 23.1 Å². The van der Waals surface area contributed by atoms with Gasteiger partial charge >= 0.3 is 0 Å². The maximum Gasteiger partial charge on any atom is 0.274 e. The van der Waals surface area contributed by atoms with Crippen LogP contribution in [0.3, 0.4) is 0 Å². The Morgan fingerprint density at radius 2 is 2.14 bits per heavy atom. The van der Waals surface area contributed by atoms with E-state index in [0.717, 1.165) is 5.56 Å². The molecule has 2 aromatic rings. The summed E-state index contributed by atoms with van der Waals surface area (Å²) in [5.41, 5.74) is 3.64. The molecule has 0 bridgehead atoms. The number of benzene rings is 1. The molecule has 0 radical (unpaired) electrons. The molecule has 29 heavy (non-hydrogen) atoms. The number of nitrogens with one attached hydrogen (secondary N) is 3. The number of nitrogens with zero attached hydrogens (tertiary/aromatic N) is 3. The summed E-state index contributed by atoms with van der Waals surface area (Å²) in [6.45, 7) is 0. The molecule has 1 fully saturated rings. The Hall–Kier alpha value is -2.65. The van der Waals surface area contributed by atoms with Crippen LogP contribution in [0.2, 0.25) is 0 Å². The van der Waals surface area contributed by atoms with Gasteiger partial charge in [-0.2, -0.15) is 13.1 Å². The summed E-state index contributed by atoms with van der Waals surface area (Å²) < 4.78 is 42.4. The lowest BCUT2D eigenvalue weighted by Crippen LogP contribution is -2.62. The zero-order valence-corrected chi connectivity index (χ0v) is 15.6. The number of aromatic nitrogens is 2. The predicted octanol–water partition coefficient (Wildman–Crippen LogP) is -1.06. The van der Waals surface area contributed by atoms with Gasteiger partial charge in [0.2, 0.25) is 5.82 Å². The van der Waals surface area contributed by atoms with E-state index in [-0.39, 0.29) is 35.6 Å². The van der Waals surface area contributed by atoms with E-state index >= 15 is 0 Å². The van der Waals surface area contributed by atoms with Crippen LogP contribution in [0.4, 0.5) is 10.2 Å². The second-order valence-corrected chi connectivity index (χ2v) is 8.19. The van der Waals surface area contributed by atoms with Gasteiger partial charge in [-0.1, -0.05) is 6.07 Å². The normalized spacial score (nSPS) is 26.3. The van der Waals surface area contributed by atoms with Gasteiger partial charge in [0.25, 0.3) is 10.2 Å². The van der Waals surface area contributed by atoms with Crippen molar-refractivity contribution in [3.63, 3.8) is 0 Å². The van der Waals surface area contributed by atoms with Crippen molar-refractivity contribution in [3.8, 4) is 0 Å². The van der Waals surface area contributed by atoms with Crippen molar-refractivity contribution in [2.24, 2.45) is 10.1 Å². The SMILES string of the molecule is NS(=O)(=O)NC1CC(Nc2nonc2C(=N[C@H]2Cc3ccc(F)cc32)NO)C1O. The van der Waals surface area contributed by atoms with Gasteiger partial charge in [-0.05, 0) is 46.4 Å². The molecule has 14 heteroatoms. The first kappa shape index (κ1) is 19.7. The largest absolute Gasteiger partial charge is 0.389 e. The van der Waals surface area contributed by atoms with Crippen LogP contribution in [0.15, 0.2) is 27.8 Å². The van der Waals surface area contributed by atoms with Crippen LogP contribution >= 0.6 is 0 Å². The van der Waals surface area contributed by atoms with E-state index in [1.165, 1.54) is 12.1 Å². The fourth-order valence-corrected chi connectivity index (χ4v) is 4.05. The first-order chi connectivity index (χ1) is 13.7. The van der Waals surface area contributed by atoms with E-state index in [4.69, 9.17) is 9.77 Å². The van der Waals surface area contributed by atoms with E-state index in [0.29, 0.717) is 12.0 Å². The Bertz CT molecular complexity index is 1060. The molecule has 12 nitrogen and oxygen atoms in total. The van der Waals surface area contributed by atoms with Gasteiger partial charge in [0.15, 0.2) is 11.5 Å². The number of hydroxylamine groups is 1. The minimum atomic E-state index is -3.94. The Kier molecular flexibility index (Phi) is 4.95. The molecule has 3 unspecified atom stereocenters. The van der Waals surface area contributed by atoms with Crippen LogP contribution in [0.25, 0.3) is 0 Å². The first-order valence-electron chi connectivity index (χ1n) is 8.59. The van der Waals surface area contributed by atoms with Crippen LogP contribution in [0.5, 0.6) is 0 Å². The number of nitrogens with two attached hydrogens (primary N) is 1. The third-order valence-corrected chi connectivity index (χ3v) is 5.59. The molecular weight excluding hydrogens is 409 g/mol. The first-order valence-corrected chi connectivity index (χ1v) is 10.1. The van der Waals surface area contributed by atoms with Gasteiger partial charge in [0.05, 0.1) is 24.2 Å². The second-order valence-electron chi connectivity index (χ2n) is 6.86. The van der Waals surface area contributed by atoms with Crippen molar-refractivity contribution in [3.05, 3.63) is 40.8 Å². The summed E-state index contributed by atoms with van der Waals surface area (Å²) in [5.74, 6) is -0.349. The Labute approximate surface area is 164 Å². The Morgan fingerprint density at radius 3 is 2.83 bits per heavy atom. The van der Waals surface area contributed by atoms with Crippen molar-refractivity contribution >= 4 is 21.9 Å². The summed E-state index contributed by atoms with van der Waals surface area (Å²) >= 11 is 0. The molecule has 156 valence electrons. The third kappa shape index (κ3) is 3.92. The smallest absolute Gasteiger partial charge is 0.274 e. The minimum Gasteiger partial charge on any atom is -0.389 e. The highest BCUT2D eigenvalue weighted by Gasteiger charge is 2.42. The molecular formula is C15H18FN7O5S. The van der Waals surface area contributed by atoms with Gasteiger partial charge in [0.1, 0.15) is 5.82 Å². The number of aliphatic hydroxyl groups is 1. The average molecular weight is 427 g/mol. The number of halogens is 1. The molecule has 1 saturated carbocycles. The van der Waals surface area contributed by atoms with Crippen molar-refractivity contribution in [2.45, 2.75) is 37.1 Å². The van der Waals surface area contributed by atoms with Crippen LogP contribution in [-0.4, -0.2) is 53.1 Å². The molecule has 1 aromatic carbocycles. The number of hydrogen-bond acceptors (Lipinski definition) is 9. The average Bonchev–Trinajstić information content (AvgIpc) is 3.10. The van der Waals surface area contributed by atoms with E-state index in [2.05, 4.69) is 25.3 Å². The number of fused-ring (bicyclic) bond motifs is 1. The number of amidine groups is 1. The lowest BCUT2D eigenvalue weighted by molar-refractivity contribution is 0.0456. The van der Waals surface area contributed by atoms with Crippen LogP contribution < -0.4 is 20.7 Å². The highest BCUT2D eigenvalue weighted by molar-refractivity contribution is 7.87. The highest BCUT2D eigenvalue weighted by atomic mass is 32.2. The predicted molar refractivity (Wildman–Crippen MR) is 96.7 cm³/mol. The van der Waals surface area contributed by atoms with Crippen molar-refractivity contribution in [2.75, 3.05) is 5.32 Å². The minimum absolute atomic E-state index is 0.0485. The molecule has 2 aliphatic carbocycles. The molecule has 4 atom stereocenters. The van der Waals surface area contributed by atoms with E-state index in [1.54, 1.807) is 6.07 Å². The zero-order chi connectivity index (χ0) is 20.8. The van der Waals surface area contributed by atoms with Crippen LogP contribution in [0, 0.1) is 5.82 Å². The van der Waals surface area contributed by atoms with Gasteiger partial charge < -0.3 is 10.4 Å². The number of rotatable bonds is 6. The standard InChI is InChI=1S/C15H18FN7O5S/c16-7-2-1-6-3-9(8(6)4-7)18-14(20-25)12-15(22-28-21-12)19-10-5-11(13(10)24)23-29(17,26)27/h1-2,4,9-11,13,23-25H,3,5H2,(H,18,20)(H,19,22)(H2,17,26,27)/t9-,10?,11?,13?/m0/s1. The summed E-state index contributed by atoms with van der Waals surface area (Å²) in [4.78, 5) is 4.34. The van der Waals surface area contributed by atoms with Gasteiger partial charge in [-0.3, -0.25) is 15.7 Å². The molecule has 2 aliphatic rings. The number of aliphatic imine (C=N–C) groups is 1. The van der Waals surface area contributed by atoms with Crippen molar-refractivity contribution in [1.82, 2.24) is 20.5 Å². The fraction of sp³-hybridized carbons (Fsp3) is 0.400. The van der Waals surface area contributed by atoms with Crippen LogP contribution in [0.1, 0.15) is 29.3 Å². The number of anilines is 1. The second kappa shape index (κ2) is 7.31. The Balaban J connectivity index is 1.47. The topological polar surface area (TPSA) is 188 Å². The van der Waals surface area contributed by atoms with Gasteiger partial charge in [0, 0.05) is 0 Å². The summed E-state index contributed by atoms with van der Waals surface area (Å²) in [5, 5.41) is 34.7. The third-order valence-electron chi connectivity index (χ3n) is 4.95. The molecule has 0 saturated heterocycles. The summed E-state index contributed by atoms with van der Waals surface area (Å²) in [6, 6.07) is 2.76. The quantitative estimate of drug-likeness (QED) is 0.190.